The molecule has 0 bridgehead atoms. The molecular formula is C15H17Cl2NO2. The SMILES string of the molecule is O=C(/C=C/c1ccc(Cl)c(Cl)c1)N[C@H]1CCCC[C@@H]1O. The third-order valence-corrected chi connectivity index (χ3v) is 4.17. The Balaban J connectivity index is 1.93. The van der Waals surface area contributed by atoms with E-state index in [2.05, 4.69) is 5.32 Å². The first-order valence-electron chi connectivity index (χ1n) is 6.68. The summed E-state index contributed by atoms with van der Waals surface area (Å²) in [6, 6.07) is 5.03. The van der Waals surface area contributed by atoms with Gasteiger partial charge < -0.3 is 10.4 Å². The van der Waals surface area contributed by atoms with E-state index < -0.39 is 6.10 Å². The molecule has 1 aliphatic carbocycles. The highest BCUT2D eigenvalue weighted by Gasteiger charge is 2.23. The van der Waals surface area contributed by atoms with Crippen LogP contribution in [0.15, 0.2) is 24.3 Å². The molecule has 2 N–H and O–H groups in total. The Labute approximate surface area is 128 Å². The zero-order chi connectivity index (χ0) is 14.5. The van der Waals surface area contributed by atoms with Crippen molar-refractivity contribution in [3.63, 3.8) is 0 Å². The number of rotatable bonds is 3. The molecule has 3 nitrogen and oxygen atoms in total. The molecule has 0 saturated heterocycles. The second kappa shape index (κ2) is 7.11. The summed E-state index contributed by atoms with van der Waals surface area (Å²) in [5, 5.41) is 13.6. The molecule has 0 heterocycles. The Kier molecular flexibility index (Phi) is 5.46. The van der Waals surface area contributed by atoms with Crippen molar-refractivity contribution in [2.75, 3.05) is 0 Å². The standard InChI is InChI=1S/C15H17Cl2NO2/c16-11-7-5-10(9-12(11)17)6-8-15(20)18-13-3-1-2-4-14(13)19/h5-9,13-14,19H,1-4H2,(H,18,20)/b8-6+/t13-,14-/m0/s1. The normalized spacial score (nSPS) is 22.9. The minimum atomic E-state index is -0.439. The van der Waals surface area contributed by atoms with E-state index >= 15 is 0 Å². The van der Waals surface area contributed by atoms with Gasteiger partial charge >= 0.3 is 0 Å². The van der Waals surface area contributed by atoms with Gasteiger partial charge in [0, 0.05) is 6.08 Å². The van der Waals surface area contributed by atoms with Crippen LogP contribution in [0.4, 0.5) is 0 Å². The number of nitrogens with one attached hydrogen (secondary N) is 1. The second-order valence-corrected chi connectivity index (χ2v) is 5.79. The zero-order valence-electron chi connectivity index (χ0n) is 11.0. The average Bonchev–Trinajstić information content (AvgIpc) is 2.43. The lowest BCUT2D eigenvalue weighted by atomic mass is 9.92. The van der Waals surface area contributed by atoms with E-state index in [1.807, 2.05) is 0 Å². The Bertz CT molecular complexity index is 517. The average molecular weight is 314 g/mol. The highest BCUT2D eigenvalue weighted by atomic mass is 35.5. The maximum absolute atomic E-state index is 11.8. The minimum Gasteiger partial charge on any atom is -0.391 e. The number of amides is 1. The third kappa shape index (κ3) is 4.23. The monoisotopic (exact) mass is 313 g/mol. The summed E-state index contributed by atoms with van der Waals surface area (Å²) in [5.74, 6) is -0.206. The van der Waals surface area contributed by atoms with Crippen LogP contribution in [0.2, 0.25) is 10.0 Å². The maximum atomic E-state index is 11.8. The van der Waals surface area contributed by atoms with Crippen molar-refractivity contribution in [2.24, 2.45) is 0 Å². The fourth-order valence-electron chi connectivity index (χ4n) is 2.30. The van der Waals surface area contributed by atoms with Crippen LogP contribution in [0.5, 0.6) is 0 Å². The zero-order valence-corrected chi connectivity index (χ0v) is 12.5. The number of hydrogen-bond acceptors (Lipinski definition) is 2. The Morgan fingerprint density at radius 1 is 1.25 bits per heavy atom. The molecule has 1 saturated carbocycles. The molecule has 108 valence electrons. The minimum absolute atomic E-state index is 0.144. The number of hydrogen-bond donors (Lipinski definition) is 2. The van der Waals surface area contributed by atoms with E-state index in [4.69, 9.17) is 23.2 Å². The van der Waals surface area contributed by atoms with Crippen molar-refractivity contribution in [3.05, 3.63) is 39.9 Å². The van der Waals surface area contributed by atoms with Crippen LogP contribution in [0.3, 0.4) is 0 Å². The molecule has 1 aromatic carbocycles. The van der Waals surface area contributed by atoms with Crippen LogP contribution < -0.4 is 5.32 Å². The van der Waals surface area contributed by atoms with E-state index in [9.17, 15) is 9.90 Å². The molecule has 0 aromatic heterocycles. The summed E-state index contributed by atoms with van der Waals surface area (Å²) >= 11 is 11.7. The quantitative estimate of drug-likeness (QED) is 0.840. The van der Waals surface area contributed by atoms with Gasteiger partial charge in [0.25, 0.3) is 0 Å². The Morgan fingerprint density at radius 3 is 2.70 bits per heavy atom. The van der Waals surface area contributed by atoms with Crippen molar-refractivity contribution in [1.82, 2.24) is 5.32 Å². The van der Waals surface area contributed by atoms with E-state index in [1.165, 1.54) is 6.08 Å². The molecule has 1 fully saturated rings. The fourth-order valence-corrected chi connectivity index (χ4v) is 2.60. The van der Waals surface area contributed by atoms with Crippen LogP contribution in [0.1, 0.15) is 31.2 Å². The number of halogens is 2. The first-order chi connectivity index (χ1) is 9.56. The molecular weight excluding hydrogens is 297 g/mol. The molecule has 2 rings (SSSR count). The number of aliphatic hydroxyl groups is 1. The molecule has 1 aromatic rings. The predicted octanol–water partition coefficient (Wildman–Crippen LogP) is 3.43. The van der Waals surface area contributed by atoms with E-state index in [0.717, 1.165) is 31.2 Å². The van der Waals surface area contributed by atoms with Gasteiger partial charge in [-0.2, -0.15) is 0 Å². The summed E-state index contributed by atoms with van der Waals surface area (Å²) in [5.41, 5.74) is 0.804. The molecule has 5 heteroatoms. The van der Waals surface area contributed by atoms with E-state index in [0.29, 0.717) is 10.0 Å². The van der Waals surface area contributed by atoms with Gasteiger partial charge in [-0.3, -0.25) is 4.79 Å². The summed E-state index contributed by atoms with van der Waals surface area (Å²) in [7, 11) is 0. The van der Waals surface area contributed by atoms with E-state index in [1.54, 1.807) is 24.3 Å². The smallest absolute Gasteiger partial charge is 0.244 e. The predicted molar refractivity (Wildman–Crippen MR) is 81.9 cm³/mol. The van der Waals surface area contributed by atoms with Crippen LogP contribution in [0, 0.1) is 0 Å². The number of carbonyl (C=O) groups excluding carboxylic acids is 1. The van der Waals surface area contributed by atoms with Crippen molar-refractivity contribution in [2.45, 2.75) is 37.8 Å². The second-order valence-electron chi connectivity index (χ2n) is 4.97. The lowest BCUT2D eigenvalue weighted by Crippen LogP contribution is -2.44. The molecule has 20 heavy (non-hydrogen) atoms. The fraction of sp³-hybridized carbons (Fsp3) is 0.400. The molecule has 2 atom stereocenters. The molecule has 0 spiro atoms. The largest absolute Gasteiger partial charge is 0.391 e. The van der Waals surface area contributed by atoms with E-state index in [-0.39, 0.29) is 11.9 Å². The van der Waals surface area contributed by atoms with Gasteiger partial charge in [0.2, 0.25) is 5.91 Å². The lowest BCUT2D eigenvalue weighted by Gasteiger charge is -2.27. The van der Waals surface area contributed by atoms with Gasteiger partial charge in [-0.25, -0.2) is 0 Å². The topological polar surface area (TPSA) is 49.3 Å². The Morgan fingerprint density at radius 2 is 2.00 bits per heavy atom. The molecule has 1 amide bonds. The molecule has 0 aliphatic heterocycles. The van der Waals surface area contributed by atoms with Gasteiger partial charge in [-0.1, -0.05) is 42.1 Å². The number of aliphatic hydroxyl groups excluding tert-OH is 1. The van der Waals surface area contributed by atoms with Crippen LogP contribution in [0.25, 0.3) is 6.08 Å². The van der Waals surface area contributed by atoms with Crippen molar-refractivity contribution >= 4 is 35.2 Å². The lowest BCUT2D eigenvalue weighted by molar-refractivity contribution is -0.118. The summed E-state index contributed by atoms with van der Waals surface area (Å²) in [4.78, 5) is 11.8. The van der Waals surface area contributed by atoms with Crippen LogP contribution in [-0.2, 0) is 4.79 Å². The van der Waals surface area contributed by atoms with Crippen molar-refractivity contribution < 1.29 is 9.90 Å². The van der Waals surface area contributed by atoms with Crippen molar-refractivity contribution in [1.29, 1.82) is 0 Å². The summed E-state index contributed by atoms with van der Waals surface area (Å²) in [6.45, 7) is 0. The molecule has 0 radical (unpaired) electrons. The van der Waals surface area contributed by atoms with Gasteiger partial charge in [-0.15, -0.1) is 0 Å². The highest BCUT2D eigenvalue weighted by Crippen LogP contribution is 2.23. The van der Waals surface area contributed by atoms with Gasteiger partial charge in [0.1, 0.15) is 0 Å². The summed E-state index contributed by atoms with van der Waals surface area (Å²) in [6.07, 6.45) is 6.32. The molecule has 0 unspecified atom stereocenters. The Hall–Kier alpha value is -1.03. The third-order valence-electron chi connectivity index (χ3n) is 3.43. The first-order valence-corrected chi connectivity index (χ1v) is 7.43. The van der Waals surface area contributed by atoms with Gasteiger partial charge in [-0.05, 0) is 36.6 Å². The van der Waals surface area contributed by atoms with Gasteiger partial charge in [0.15, 0.2) is 0 Å². The molecule has 1 aliphatic rings. The van der Waals surface area contributed by atoms with Crippen molar-refractivity contribution in [3.8, 4) is 0 Å². The number of benzene rings is 1. The maximum Gasteiger partial charge on any atom is 0.244 e. The first kappa shape index (κ1) is 15.4. The number of carbonyl (C=O) groups is 1. The summed E-state index contributed by atoms with van der Waals surface area (Å²) < 4.78 is 0. The highest BCUT2D eigenvalue weighted by molar-refractivity contribution is 6.42. The van der Waals surface area contributed by atoms with Crippen LogP contribution in [-0.4, -0.2) is 23.2 Å². The van der Waals surface area contributed by atoms with Crippen LogP contribution >= 0.6 is 23.2 Å². The van der Waals surface area contributed by atoms with Gasteiger partial charge in [0.05, 0.1) is 22.2 Å².